The summed E-state index contributed by atoms with van der Waals surface area (Å²) in [5, 5.41) is 8.34. The Balaban J connectivity index is 1.57. The van der Waals surface area contributed by atoms with Crippen LogP contribution >= 0.6 is 0 Å². The summed E-state index contributed by atoms with van der Waals surface area (Å²) < 4.78 is 2.02. The molecule has 1 unspecified atom stereocenters. The number of likely N-dealkylation sites (N-methyl/N-ethyl adjacent to an activating group) is 1. The van der Waals surface area contributed by atoms with Gasteiger partial charge in [0.25, 0.3) is 0 Å². The first-order valence-electron chi connectivity index (χ1n) is 10.6. The van der Waals surface area contributed by atoms with E-state index < -0.39 is 0 Å². The van der Waals surface area contributed by atoms with E-state index in [0.29, 0.717) is 19.5 Å². The number of aryl methyl sites for hydroxylation is 2. The predicted octanol–water partition coefficient (Wildman–Crippen LogP) is 2.58. The van der Waals surface area contributed by atoms with Crippen molar-refractivity contribution < 1.29 is 4.79 Å². The fourth-order valence-electron chi connectivity index (χ4n) is 5.08. The Labute approximate surface area is 166 Å². The molecule has 0 radical (unpaired) electrons. The van der Waals surface area contributed by atoms with Crippen molar-refractivity contribution in [3.63, 3.8) is 0 Å². The van der Waals surface area contributed by atoms with Gasteiger partial charge in [-0.1, -0.05) is 12.8 Å². The van der Waals surface area contributed by atoms with Gasteiger partial charge >= 0.3 is 0 Å². The molecule has 0 bridgehead atoms. The van der Waals surface area contributed by atoms with Crippen molar-refractivity contribution in [3.8, 4) is 0 Å². The van der Waals surface area contributed by atoms with E-state index in [2.05, 4.69) is 41.2 Å². The van der Waals surface area contributed by atoms with Crippen LogP contribution in [0.4, 0.5) is 0 Å². The molecule has 2 aromatic heterocycles. The SMILES string of the molecule is CCN(Cc1c(C)nn(CC)c1C)C(=O)C1Cc2[nH]cnc2C2(CCCC2)N1. The predicted molar refractivity (Wildman–Crippen MR) is 108 cm³/mol. The number of rotatable bonds is 5. The standard InChI is InChI=1S/C21H32N6O/c1-5-26(12-16-14(3)25-27(6-2)15(16)4)20(28)18-11-17-19(23-13-22-17)21(24-18)9-7-8-10-21/h13,18,24H,5-12H2,1-4H3,(H,22,23). The Morgan fingerprint density at radius 1 is 1.32 bits per heavy atom. The van der Waals surface area contributed by atoms with Gasteiger partial charge in [-0.2, -0.15) is 5.10 Å². The largest absolute Gasteiger partial charge is 0.348 e. The molecule has 1 saturated carbocycles. The van der Waals surface area contributed by atoms with Crippen LogP contribution in [-0.2, 0) is 29.8 Å². The number of hydrogen-bond acceptors (Lipinski definition) is 4. The molecule has 1 amide bonds. The summed E-state index contributed by atoms with van der Waals surface area (Å²) in [5.41, 5.74) is 5.47. The van der Waals surface area contributed by atoms with Crippen molar-refractivity contribution in [1.29, 1.82) is 0 Å². The average molecular weight is 385 g/mol. The van der Waals surface area contributed by atoms with E-state index in [4.69, 9.17) is 0 Å². The lowest BCUT2D eigenvalue weighted by Crippen LogP contribution is -2.57. The number of H-pyrrole nitrogens is 1. The van der Waals surface area contributed by atoms with E-state index in [0.717, 1.165) is 42.2 Å². The molecule has 0 aromatic carbocycles. The molecule has 2 aliphatic rings. The van der Waals surface area contributed by atoms with Crippen LogP contribution in [0.3, 0.4) is 0 Å². The highest BCUT2D eigenvalue weighted by molar-refractivity contribution is 5.82. The third-order valence-electron chi connectivity index (χ3n) is 6.66. The zero-order valence-electron chi connectivity index (χ0n) is 17.5. The molecule has 0 saturated heterocycles. The molecule has 1 atom stereocenters. The van der Waals surface area contributed by atoms with E-state index in [1.54, 1.807) is 6.33 Å². The molecule has 1 aliphatic heterocycles. The number of imidazole rings is 1. The monoisotopic (exact) mass is 384 g/mol. The van der Waals surface area contributed by atoms with Crippen molar-refractivity contribution in [1.82, 2.24) is 30.0 Å². The van der Waals surface area contributed by atoms with E-state index in [1.807, 2.05) is 16.5 Å². The lowest BCUT2D eigenvalue weighted by Gasteiger charge is -2.39. The summed E-state index contributed by atoms with van der Waals surface area (Å²) >= 11 is 0. The Kier molecular flexibility index (Phi) is 5.04. The number of amides is 1. The van der Waals surface area contributed by atoms with Crippen LogP contribution in [0, 0.1) is 13.8 Å². The molecule has 2 aromatic rings. The molecule has 1 spiro atoms. The highest BCUT2D eigenvalue weighted by Gasteiger charge is 2.46. The number of aromatic nitrogens is 4. The molecule has 2 N–H and O–H groups in total. The van der Waals surface area contributed by atoms with Crippen LogP contribution in [-0.4, -0.2) is 43.1 Å². The van der Waals surface area contributed by atoms with Gasteiger partial charge in [-0.15, -0.1) is 0 Å². The van der Waals surface area contributed by atoms with E-state index in [9.17, 15) is 4.79 Å². The fraction of sp³-hybridized carbons (Fsp3) is 0.667. The van der Waals surface area contributed by atoms with E-state index >= 15 is 0 Å². The van der Waals surface area contributed by atoms with Gasteiger partial charge in [-0.3, -0.25) is 14.8 Å². The van der Waals surface area contributed by atoms with Gasteiger partial charge in [0.2, 0.25) is 5.91 Å². The second-order valence-electron chi connectivity index (χ2n) is 8.24. The first-order chi connectivity index (χ1) is 13.5. The number of aromatic amines is 1. The number of carbonyl (C=O) groups excluding carboxylic acids is 1. The smallest absolute Gasteiger partial charge is 0.240 e. The Morgan fingerprint density at radius 2 is 2.07 bits per heavy atom. The van der Waals surface area contributed by atoms with Crippen LogP contribution < -0.4 is 5.32 Å². The van der Waals surface area contributed by atoms with Crippen LogP contribution in [0.5, 0.6) is 0 Å². The second kappa shape index (κ2) is 7.35. The molecule has 28 heavy (non-hydrogen) atoms. The van der Waals surface area contributed by atoms with Gasteiger partial charge < -0.3 is 9.88 Å². The number of carbonyl (C=O) groups is 1. The van der Waals surface area contributed by atoms with Gasteiger partial charge in [-0.05, 0) is 40.5 Å². The summed E-state index contributed by atoms with van der Waals surface area (Å²) in [6, 6.07) is -0.201. The zero-order valence-corrected chi connectivity index (χ0v) is 17.5. The maximum Gasteiger partial charge on any atom is 0.240 e. The highest BCUT2D eigenvalue weighted by Crippen LogP contribution is 2.42. The molecule has 152 valence electrons. The maximum atomic E-state index is 13.5. The van der Waals surface area contributed by atoms with Gasteiger partial charge in [0.1, 0.15) is 0 Å². The first kappa shape index (κ1) is 19.2. The zero-order chi connectivity index (χ0) is 19.9. The Bertz CT molecular complexity index is 860. The van der Waals surface area contributed by atoms with Crippen LogP contribution in [0.1, 0.15) is 67.9 Å². The summed E-state index contributed by atoms with van der Waals surface area (Å²) in [7, 11) is 0. The molecule has 7 heteroatoms. The lowest BCUT2D eigenvalue weighted by molar-refractivity contribution is -0.134. The summed E-state index contributed by atoms with van der Waals surface area (Å²) in [6.45, 7) is 10.5. The minimum Gasteiger partial charge on any atom is -0.348 e. The molecular formula is C21H32N6O. The van der Waals surface area contributed by atoms with Crippen LogP contribution in [0.15, 0.2) is 6.33 Å². The van der Waals surface area contributed by atoms with Gasteiger partial charge in [0.15, 0.2) is 0 Å². The third-order valence-corrected chi connectivity index (χ3v) is 6.66. The van der Waals surface area contributed by atoms with Crippen molar-refractivity contribution >= 4 is 5.91 Å². The van der Waals surface area contributed by atoms with Crippen molar-refractivity contribution in [2.24, 2.45) is 0 Å². The van der Waals surface area contributed by atoms with Gasteiger partial charge in [0.05, 0.1) is 29.3 Å². The van der Waals surface area contributed by atoms with E-state index in [-0.39, 0.29) is 17.5 Å². The summed E-state index contributed by atoms with van der Waals surface area (Å²) in [5.74, 6) is 0.178. The normalized spacial score (nSPS) is 20.5. The molecule has 7 nitrogen and oxygen atoms in total. The van der Waals surface area contributed by atoms with Crippen molar-refractivity contribution in [2.45, 2.75) is 84.5 Å². The molecule has 3 heterocycles. The van der Waals surface area contributed by atoms with Gasteiger partial charge in [0, 0.05) is 43.0 Å². The second-order valence-corrected chi connectivity index (χ2v) is 8.24. The lowest BCUT2D eigenvalue weighted by atomic mass is 9.84. The van der Waals surface area contributed by atoms with Gasteiger partial charge in [-0.25, -0.2) is 4.98 Å². The number of fused-ring (bicyclic) bond motifs is 2. The topological polar surface area (TPSA) is 78.8 Å². The molecule has 1 aliphatic carbocycles. The summed E-state index contributed by atoms with van der Waals surface area (Å²) in [4.78, 5) is 23.4. The van der Waals surface area contributed by atoms with Crippen LogP contribution in [0.25, 0.3) is 0 Å². The first-order valence-corrected chi connectivity index (χ1v) is 10.6. The third kappa shape index (κ3) is 3.05. The van der Waals surface area contributed by atoms with Crippen LogP contribution in [0.2, 0.25) is 0 Å². The average Bonchev–Trinajstić information content (AvgIpc) is 3.41. The van der Waals surface area contributed by atoms with E-state index in [1.165, 1.54) is 18.4 Å². The van der Waals surface area contributed by atoms with Crippen molar-refractivity contribution in [2.75, 3.05) is 6.54 Å². The minimum absolute atomic E-state index is 0.133. The highest BCUT2D eigenvalue weighted by atomic mass is 16.2. The quantitative estimate of drug-likeness (QED) is 0.830. The summed E-state index contributed by atoms with van der Waals surface area (Å²) in [6.07, 6.45) is 6.95. The number of hydrogen-bond donors (Lipinski definition) is 2. The Hall–Kier alpha value is -2.15. The number of nitrogens with one attached hydrogen (secondary N) is 2. The van der Waals surface area contributed by atoms with Crippen molar-refractivity contribution in [3.05, 3.63) is 34.7 Å². The molecular weight excluding hydrogens is 352 g/mol. The molecule has 4 rings (SSSR count). The molecule has 1 fully saturated rings. The fourth-order valence-corrected chi connectivity index (χ4v) is 5.08. The minimum atomic E-state index is -0.201. The number of nitrogens with zero attached hydrogens (tertiary/aromatic N) is 4. The maximum absolute atomic E-state index is 13.5. The Morgan fingerprint density at radius 3 is 2.71 bits per heavy atom.